The monoisotopic (exact) mass is 274 g/mol. The van der Waals surface area contributed by atoms with Crippen LogP contribution in [0.15, 0.2) is 36.5 Å². The molecule has 0 saturated heterocycles. The summed E-state index contributed by atoms with van der Waals surface area (Å²) in [5.74, 6) is 1.04. The lowest BCUT2D eigenvalue weighted by atomic mass is 10.2. The van der Waals surface area contributed by atoms with Crippen molar-refractivity contribution in [2.24, 2.45) is 0 Å². The maximum atomic E-state index is 10.7. The van der Waals surface area contributed by atoms with Crippen molar-refractivity contribution in [2.75, 3.05) is 0 Å². The molecule has 1 N–H and O–H groups in total. The SMILES string of the molecule is Cc1cc([N+](=O)[O-])ccc1Oc1ccc(C(C)O)nc1. The van der Waals surface area contributed by atoms with E-state index in [1.165, 1.54) is 18.3 Å². The summed E-state index contributed by atoms with van der Waals surface area (Å²) >= 11 is 0. The van der Waals surface area contributed by atoms with Crippen LogP contribution >= 0.6 is 0 Å². The Morgan fingerprint density at radius 3 is 2.60 bits per heavy atom. The zero-order chi connectivity index (χ0) is 14.7. The van der Waals surface area contributed by atoms with Gasteiger partial charge in [-0.05, 0) is 37.6 Å². The fourth-order valence-corrected chi connectivity index (χ4v) is 1.69. The minimum absolute atomic E-state index is 0.0254. The molecule has 0 bridgehead atoms. The van der Waals surface area contributed by atoms with Gasteiger partial charge in [0.2, 0.25) is 0 Å². The van der Waals surface area contributed by atoms with Gasteiger partial charge in [0.25, 0.3) is 5.69 Å². The summed E-state index contributed by atoms with van der Waals surface area (Å²) in [6.07, 6.45) is 0.869. The minimum Gasteiger partial charge on any atom is -0.455 e. The highest BCUT2D eigenvalue weighted by Crippen LogP contribution is 2.28. The lowest BCUT2D eigenvalue weighted by molar-refractivity contribution is -0.384. The molecule has 20 heavy (non-hydrogen) atoms. The van der Waals surface area contributed by atoms with Gasteiger partial charge in [0, 0.05) is 12.1 Å². The van der Waals surface area contributed by atoms with E-state index in [2.05, 4.69) is 4.98 Å². The average molecular weight is 274 g/mol. The summed E-state index contributed by atoms with van der Waals surface area (Å²) in [6, 6.07) is 7.75. The molecule has 2 rings (SSSR count). The van der Waals surface area contributed by atoms with E-state index < -0.39 is 11.0 Å². The quantitative estimate of drug-likeness (QED) is 0.683. The maximum absolute atomic E-state index is 10.7. The fraction of sp³-hybridized carbons (Fsp3) is 0.214. The smallest absolute Gasteiger partial charge is 0.269 e. The molecule has 1 atom stereocenters. The number of benzene rings is 1. The molecule has 0 radical (unpaired) electrons. The second-order valence-corrected chi connectivity index (χ2v) is 4.40. The van der Waals surface area contributed by atoms with Crippen molar-refractivity contribution in [3.8, 4) is 11.5 Å². The summed E-state index contributed by atoms with van der Waals surface area (Å²) < 4.78 is 5.61. The standard InChI is InChI=1S/C14H14N2O4/c1-9-7-11(16(18)19)3-6-14(9)20-12-4-5-13(10(2)17)15-8-12/h3-8,10,17H,1-2H3. The van der Waals surface area contributed by atoms with Crippen LogP contribution in [0.1, 0.15) is 24.3 Å². The van der Waals surface area contributed by atoms with Gasteiger partial charge in [-0.15, -0.1) is 0 Å². The Morgan fingerprint density at radius 1 is 1.35 bits per heavy atom. The molecule has 0 aliphatic rings. The largest absolute Gasteiger partial charge is 0.455 e. The van der Waals surface area contributed by atoms with E-state index in [1.807, 2.05) is 0 Å². The van der Waals surface area contributed by atoms with E-state index in [4.69, 9.17) is 4.74 Å². The molecular formula is C14H14N2O4. The number of ether oxygens (including phenoxy) is 1. The normalized spacial score (nSPS) is 11.9. The van der Waals surface area contributed by atoms with Crippen LogP contribution in [0, 0.1) is 17.0 Å². The predicted octanol–water partition coefficient (Wildman–Crippen LogP) is 3.14. The highest BCUT2D eigenvalue weighted by Gasteiger charge is 2.10. The van der Waals surface area contributed by atoms with Gasteiger partial charge < -0.3 is 9.84 Å². The van der Waals surface area contributed by atoms with Crippen molar-refractivity contribution in [3.05, 3.63) is 57.9 Å². The number of pyridine rings is 1. The first-order valence-electron chi connectivity index (χ1n) is 6.04. The predicted molar refractivity (Wildman–Crippen MR) is 72.8 cm³/mol. The first-order valence-corrected chi connectivity index (χ1v) is 6.04. The molecule has 0 saturated carbocycles. The van der Waals surface area contributed by atoms with Crippen molar-refractivity contribution >= 4 is 5.69 Å². The third-order valence-electron chi connectivity index (χ3n) is 2.78. The van der Waals surface area contributed by atoms with E-state index in [1.54, 1.807) is 32.0 Å². The molecule has 0 amide bonds. The summed E-state index contributed by atoms with van der Waals surface area (Å²) in [5, 5.41) is 20.0. The van der Waals surface area contributed by atoms with Crippen LogP contribution in [0.2, 0.25) is 0 Å². The molecule has 1 unspecified atom stereocenters. The van der Waals surface area contributed by atoms with Gasteiger partial charge >= 0.3 is 0 Å². The molecule has 2 aromatic rings. The number of aromatic nitrogens is 1. The molecule has 0 fully saturated rings. The van der Waals surface area contributed by atoms with Crippen molar-refractivity contribution in [1.82, 2.24) is 4.98 Å². The van der Waals surface area contributed by atoms with Crippen LogP contribution in [0.3, 0.4) is 0 Å². The van der Waals surface area contributed by atoms with E-state index in [9.17, 15) is 15.2 Å². The van der Waals surface area contributed by atoms with Crippen molar-refractivity contribution in [1.29, 1.82) is 0 Å². The van der Waals surface area contributed by atoms with Crippen molar-refractivity contribution in [2.45, 2.75) is 20.0 Å². The van der Waals surface area contributed by atoms with Crippen LogP contribution in [0.4, 0.5) is 5.69 Å². The topological polar surface area (TPSA) is 85.5 Å². The molecular weight excluding hydrogens is 260 g/mol. The van der Waals surface area contributed by atoms with Gasteiger partial charge in [0.05, 0.1) is 22.9 Å². The Morgan fingerprint density at radius 2 is 2.10 bits per heavy atom. The lowest BCUT2D eigenvalue weighted by Gasteiger charge is -2.09. The Hall–Kier alpha value is -2.47. The third kappa shape index (κ3) is 3.10. The number of nitrogens with zero attached hydrogens (tertiary/aromatic N) is 2. The number of aryl methyl sites for hydroxylation is 1. The molecule has 1 aromatic carbocycles. The number of nitro benzene ring substituents is 1. The minimum atomic E-state index is -0.634. The summed E-state index contributed by atoms with van der Waals surface area (Å²) in [6.45, 7) is 3.36. The molecule has 104 valence electrons. The van der Waals surface area contributed by atoms with Gasteiger partial charge in [0.1, 0.15) is 11.5 Å². The van der Waals surface area contributed by atoms with E-state index in [0.29, 0.717) is 22.8 Å². The first-order chi connectivity index (χ1) is 9.47. The molecule has 6 nitrogen and oxygen atoms in total. The van der Waals surface area contributed by atoms with Crippen LogP contribution in [0.5, 0.6) is 11.5 Å². The summed E-state index contributed by atoms with van der Waals surface area (Å²) in [4.78, 5) is 14.3. The molecule has 0 aliphatic heterocycles. The summed E-state index contributed by atoms with van der Waals surface area (Å²) in [5.41, 5.74) is 1.24. The van der Waals surface area contributed by atoms with Gasteiger partial charge in [-0.1, -0.05) is 0 Å². The number of hydrogen-bond donors (Lipinski definition) is 1. The molecule has 0 spiro atoms. The Labute approximate surface area is 115 Å². The number of hydrogen-bond acceptors (Lipinski definition) is 5. The molecule has 6 heteroatoms. The fourth-order valence-electron chi connectivity index (χ4n) is 1.69. The number of rotatable bonds is 4. The van der Waals surface area contributed by atoms with Crippen LogP contribution < -0.4 is 4.74 Å². The Kier molecular flexibility index (Phi) is 3.95. The Bertz CT molecular complexity index is 624. The molecule has 1 heterocycles. The number of aliphatic hydroxyl groups excluding tert-OH is 1. The highest BCUT2D eigenvalue weighted by molar-refractivity contribution is 5.44. The second-order valence-electron chi connectivity index (χ2n) is 4.40. The summed E-state index contributed by atoms with van der Waals surface area (Å²) in [7, 11) is 0. The van der Waals surface area contributed by atoms with Gasteiger partial charge in [-0.2, -0.15) is 0 Å². The Balaban J connectivity index is 2.19. The third-order valence-corrected chi connectivity index (χ3v) is 2.78. The number of non-ortho nitro benzene ring substituents is 1. The second kappa shape index (κ2) is 5.66. The van der Waals surface area contributed by atoms with E-state index in [0.717, 1.165) is 0 Å². The van der Waals surface area contributed by atoms with E-state index in [-0.39, 0.29) is 5.69 Å². The number of aliphatic hydroxyl groups is 1. The molecule has 0 aliphatic carbocycles. The van der Waals surface area contributed by atoms with Crippen molar-refractivity contribution < 1.29 is 14.8 Å². The highest BCUT2D eigenvalue weighted by atomic mass is 16.6. The van der Waals surface area contributed by atoms with Gasteiger partial charge in [-0.3, -0.25) is 15.1 Å². The molecule has 1 aromatic heterocycles. The van der Waals surface area contributed by atoms with Crippen LogP contribution in [-0.2, 0) is 0 Å². The number of nitro groups is 1. The van der Waals surface area contributed by atoms with E-state index >= 15 is 0 Å². The zero-order valence-electron chi connectivity index (χ0n) is 11.1. The average Bonchev–Trinajstić information content (AvgIpc) is 2.41. The van der Waals surface area contributed by atoms with Crippen LogP contribution in [-0.4, -0.2) is 15.0 Å². The first kappa shape index (κ1) is 14.0. The zero-order valence-corrected chi connectivity index (χ0v) is 11.1. The lowest BCUT2D eigenvalue weighted by Crippen LogP contribution is -1.96. The van der Waals surface area contributed by atoms with Crippen molar-refractivity contribution in [3.63, 3.8) is 0 Å². The van der Waals surface area contributed by atoms with Gasteiger partial charge in [0.15, 0.2) is 0 Å². The van der Waals surface area contributed by atoms with Gasteiger partial charge in [-0.25, -0.2) is 0 Å². The van der Waals surface area contributed by atoms with Crippen LogP contribution in [0.25, 0.3) is 0 Å². The maximum Gasteiger partial charge on any atom is 0.269 e.